The number of aromatic nitrogens is 1. The standard InChI is InChI=1S/C12H16N2O2S/c1-14-7-4-12(5-8-14)9-17(15,16)10-3-2-6-13-11(10)12/h2-3,6H,4-5,7-9H2,1H3. The SMILES string of the molecule is CN1CCC2(CC1)CS(=O)(=O)c1cccnc12. The van der Waals surface area contributed by atoms with Crippen LogP contribution in [0.5, 0.6) is 0 Å². The predicted octanol–water partition coefficient (Wildman–Crippen LogP) is 0.832. The summed E-state index contributed by atoms with van der Waals surface area (Å²) in [5, 5.41) is 0. The number of likely N-dealkylation sites (tertiary alicyclic amines) is 1. The number of piperidine rings is 1. The van der Waals surface area contributed by atoms with E-state index >= 15 is 0 Å². The first kappa shape index (κ1) is 11.2. The summed E-state index contributed by atoms with van der Waals surface area (Å²) in [5.74, 6) is 0.250. The summed E-state index contributed by atoms with van der Waals surface area (Å²) >= 11 is 0. The number of fused-ring (bicyclic) bond motifs is 2. The molecule has 1 fully saturated rings. The Hall–Kier alpha value is -0.940. The van der Waals surface area contributed by atoms with Crippen LogP contribution in [0.15, 0.2) is 23.2 Å². The fraction of sp³-hybridized carbons (Fsp3) is 0.583. The first-order valence-corrected chi connectivity index (χ1v) is 7.56. The lowest BCUT2D eigenvalue weighted by Gasteiger charge is -2.36. The molecule has 0 bridgehead atoms. The maximum atomic E-state index is 12.2. The highest BCUT2D eigenvalue weighted by Gasteiger charge is 2.49. The van der Waals surface area contributed by atoms with Gasteiger partial charge in [0.2, 0.25) is 0 Å². The van der Waals surface area contributed by atoms with E-state index in [4.69, 9.17) is 0 Å². The Kier molecular flexibility index (Phi) is 2.32. The van der Waals surface area contributed by atoms with Gasteiger partial charge in [0.15, 0.2) is 9.84 Å². The first-order valence-electron chi connectivity index (χ1n) is 5.90. The molecule has 5 heteroatoms. The van der Waals surface area contributed by atoms with Crippen molar-refractivity contribution < 1.29 is 8.42 Å². The lowest BCUT2D eigenvalue weighted by atomic mass is 9.77. The summed E-state index contributed by atoms with van der Waals surface area (Å²) in [7, 11) is -1.03. The van der Waals surface area contributed by atoms with Crippen LogP contribution in [0.4, 0.5) is 0 Å². The van der Waals surface area contributed by atoms with Crippen molar-refractivity contribution in [2.75, 3.05) is 25.9 Å². The lowest BCUT2D eigenvalue weighted by Crippen LogP contribution is -2.42. The van der Waals surface area contributed by atoms with Crippen LogP contribution in [0.2, 0.25) is 0 Å². The molecule has 2 aliphatic rings. The van der Waals surface area contributed by atoms with Gasteiger partial charge in [-0.1, -0.05) is 0 Å². The van der Waals surface area contributed by atoms with Gasteiger partial charge in [-0.25, -0.2) is 8.42 Å². The minimum absolute atomic E-state index is 0.220. The Bertz CT molecular complexity index is 545. The van der Waals surface area contributed by atoms with Crippen LogP contribution < -0.4 is 0 Å². The Morgan fingerprint density at radius 3 is 2.76 bits per heavy atom. The Morgan fingerprint density at radius 1 is 1.35 bits per heavy atom. The van der Waals surface area contributed by atoms with Crippen LogP contribution in [-0.4, -0.2) is 44.2 Å². The highest BCUT2D eigenvalue weighted by atomic mass is 32.2. The number of nitrogens with zero attached hydrogens (tertiary/aromatic N) is 2. The van der Waals surface area contributed by atoms with Crippen molar-refractivity contribution in [1.82, 2.24) is 9.88 Å². The molecule has 0 aliphatic carbocycles. The number of hydrogen-bond donors (Lipinski definition) is 0. The molecule has 0 N–H and O–H groups in total. The largest absolute Gasteiger partial charge is 0.306 e. The molecule has 0 unspecified atom stereocenters. The summed E-state index contributed by atoms with van der Waals surface area (Å²) in [6.07, 6.45) is 3.50. The molecule has 0 atom stereocenters. The molecule has 2 aliphatic heterocycles. The maximum absolute atomic E-state index is 12.2. The zero-order valence-corrected chi connectivity index (χ0v) is 10.7. The van der Waals surface area contributed by atoms with E-state index in [-0.39, 0.29) is 11.2 Å². The highest BCUT2D eigenvalue weighted by Crippen LogP contribution is 2.44. The van der Waals surface area contributed by atoms with Crippen LogP contribution in [0.3, 0.4) is 0 Å². The molecule has 1 aromatic heterocycles. The molecule has 0 saturated carbocycles. The second-order valence-electron chi connectivity index (χ2n) is 5.19. The first-order chi connectivity index (χ1) is 8.04. The Balaban J connectivity index is 2.11. The van der Waals surface area contributed by atoms with Gasteiger partial charge in [0.05, 0.1) is 16.3 Å². The van der Waals surface area contributed by atoms with E-state index in [9.17, 15) is 8.42 Å². The van der Waals surface area contributed by atoms with E-state index < -0.39 is 9.84 Å². The van der Waals surface area contributed by atoms with Crippen molar-refractivity contribution in [2.24, 2.45) is 0 Å². The molecule has 0 radical (unpaired) electrons. The molecule has 4 nitrogen and oxygen atoms in total. The van der Waals surface area contributed by atoms with E-state index in [0.29, 0.717) is 4.90 Å². The Labute approximate surface area is 102 Å². The van der Waals surface area contributed by atoms with Gasteiger partial charge in [0.25, 0.3) is 0 Å². The van der Waals surface area contributed by atoms with Crippen molar-refractivity contribution in [1.29, 1.82) is 0 Å². The topological polar surface area (TPSA) is 50.3 Å². The second kappa shape index (κ2) is 3.53. The zero-order valence-electron chi connectivity index (χ0n) is 9.89. The molecule has 1 spiro atoms. The summed E-state index contributed by atoms with van der Waals surface area (Å²) in [4.78, 5) is 7.07. The van der Waals surface area contributed by atoms with E-state index in [2.05, 4.69) is 16.9 Å². The van der Waals surface area contributed by atoms with Crippen LogP contribution >= 0.6 is 0 Å². The van der Waals surface area contributed by atoms with Gasteiger partial charge in [0.1, 0.15) is 0 Å². The van der Waals surface area contributed by atoms with E-state index in [1.165, 1.54) is 0 Å². The fourth-order valence-electron chi connectivity index (χ4n) is 2.98. The summed E-state index contributed by atoms with van der Waals surface area (Å²) in [5.41, 5.74) is 0.593. The summed E-state index contributed by atoms with van der Waals surface area (Å²) < 4.78 is 24.3. The lowest BCUT2D eigenvalue weighted by molar-refractivity contribution is 0.200. The average molecular weight is 252 g/mol. The van der Waals surface area contributed by atoms with Gasteiger partial charge in [-0.3, -0.25) is 4.98 Å². The number of rotatable bonds is 0. The van der Waals surface area contributed by atoms with Crippen LogP contribution in [0.25, 0.3) is 0 Å². The summed E-state index contributed by atoms with van der Waals surface area (Å²) in [6, 6.07) is 3.41. The molecule has 0 amide bonds. The normalized spacial score (nSPS) is 25.9. The highest BCUT2D eigenvalue weighted by molar-refractivity contribution is 7.91. The molecule has 3 heterocycles. The molecule has 3 rings (SSSR count). The van der Waals surface area contributed by atoms with Crippen molar-refractivity contribution in [3.8, 4) is 0 Å². The third kappa shape index (κ3) is 1.60. The van der Waals surface area contributed by atoms with Gasteiger partial charge in [-0.15, -0.1) is 0 Å². The Morgan fingerprint density at radius 2 is 2.06 bits per heavy atom. The molecule has 1 aromatic rings. The van der Waals surface area contributed by atoms with E-state index in [1.807, 2.05) is 0 Å². The van der Waals surface area contributed by atoms with Crippen molar-refractivity contribution in [3.63, 3.8) is 0 Å². The predicted molar refractivity (Wildman–Crippen MR) is 64.7 cm³/mol. The van der Waals surface area contributed by atoms with Crippen LogP contribution in [0.1, 0.15) is 18.5 Å². The number of pyridine rings is 1. The number of hydrogen-bond acceptors (Lipinski definition) is 4. The zero-order chi connectivity index (χ0) is 12.1. The van der Waals surface area contributed by atoms with Gasteiger partial charge < -0.3 is 4.90 Å². The minimum Gasteiger partial charge on any atom is -0.306 e. The van der Waals surface area contributed by atoms with Crippen LogP contribution in [0, 0.1) is 0 Å². The van der Waals surface area contributed by atoms with E-state index in [0.717, 1.165) is 31.6 Å². The quantitative estimate of drug-likeness (QED) is 0.686. The van der Waals surface area contributed by atoms with E-state index in [1.54, 1.807) is 18.3 Å². The molecule has 0 aromatic carbocycles. The smallest absolute Gasteiger partial charge is 0.181 e. The van der Waals surface area contributed by atoms with Crippen molar-refractivity contribution in [3.05, 3.63) is 24.0 Å². The second-order valence-corrected chi connectivity index (χ2v) is 7.15. The fourth-order valence-corrected chi connectivity index (χ4v) is 5.14. The number of sulfone groups is 1. The van der Waals surface area contributed by atoms with Gasteiger partial charge in [0, 0.05) is 11.6 Å². The molecule has 92 valence electrons. The minimum atomic E-state index is -3.11. The molecule has 1 saturated heterocycles. The molecular weight excluding hydrogens is 236 g/mol. The van der Waals surface area contributed by atoms with Crippen molar-refractivity contribution in [2.45, 2.75) is 23.2 Å². The summed E-state index contributed by atoms with van der Waals surface area (Å²) in [6.45, 7) is 1.90. The maximum Gasteiger partial charge on any atom is 0.181 e. The van der Waals surface area contributed by atoms with Crippen molar-refractivity contribution >= 4 is 9.84 Å². The van der Waals surface area contributed by atoms with Gasteiger partial charge in [-0.05, 0) is 45.1 Å². The monoisotopic (exact) mass is 252 g/mol. The van der Waals surface area contributed by atoms with Gasteiger partial charge in [-0.2, -0.15) is 0 Å². The van der Waals surface area contributed by atoms with Gasteiger partial charge >= 0.3 is 0 Å². The average Bonchev–Trinajstić information content (AvgIpc) is 2.53. The molecular formula is C12H16N2O2S. The third-order valence-corrected chi connectivity index (χ3v) is 5.95. The third-order valence-electron chi connectivity index (χ3n) is 4.02. The van der Waals surface area contributed by atoms with Crippen LogP contribution in [-0.2, 0) is 15.3 Å². The molecule has 17 heavy (non-hydrogen) atoms.